The number of hydrogen-bond donors (Lipinski definition) is 1. The Kier molecular flexibility index (Phi) is 5.82. The molecule has 12 heteroatoms. The lowest BCUT2D eigenvalue weighted by Gasteiger charge is -2.10. The molecular weight excluding hydrogens is 417 g/mol. The lowest BCUT2D eigenvalue weighted by atomic mass is 10.1. The fourth-order valence-electron chi connectivity index (χ4n) is 2.73. The first-order valence-corrected chi connectivity index (χ1v) is 9.05. The van der Waals surface area contributed by atoms with E-state index in [1.807, 2.05) is 0 Å². The van der Waals surface area contributed by atoms with Gasteiger partial charge in [0.05, 0.1) is 0 Å². The first-order valence-electron chi connectivity index (χ1n) is 9.05. The highest BCUT2D eigenvalue weighted by Crippen LogP contribution is 2.28. The maximum Gasteiger partial charge on any atom is 0.435 e. The molecule has 0 radical (unpaired) electrons. The molecular formula is C19H19F3N6O3. The van der Waals surface area contributed by atoms with Crippen molar-refractivity contribution in [3.05, 3.63) is 53.2 Å². The summed E-state index contributed by atoms with van der Waals surface area (Å²) in [4.78, 5) is 30.2. The summed E-state index contributed by atoms with van der Waals surface area (Å²) in [5.41, 5.74) is -0.469. The van der Waals surface area contributed by atoms with Crippen molar-refractivity contribution in [2.24, 2.45) is 7.05 Å². The highest BCUT2D eigenvalue weighted by molar-refractivity contribution is 5.95. The standard InChI is InChI=1S/C19H19F3N6O3/c1-10(23-16(29)13-9-14(19(20,21)22)25-28(13)4)17-24-15(26-31-17)11-6-5-7-12(8-11)18(30)27(2)3/h5-10H,1-4H3,(H,23,29). The molecule has 9 nitrogen and oxygen atoms in total. The molecule has 0 saturated heterocycles. The highest BCUT2D eigenvalue weighted by Gasteiger charge is 2.35. The predicted molar refractivity (Wildman–Crippen MR) is 102 cm³/mol. The molecule has 3 aromatic rings. The summed E-state index contributed by atoms with van der Waals surface area (Å²) in [6.07, 6.45) is -4.66. The van der Waals surface area contributed by atoms with Gasteiger partial charge in [-0.2, -0.15) is 23.3 Å². The van der Waals surface area contributed by atoms with Crippen LogP contribution in [0.1, 0.15) is 45.4 Å². The number of hydrogen-bond acceptors (Lipinski definition) is 6. The monoisotopic (exact) mass is 436 g/mol. The van der Waals surface area contributed by atoms with Crippen molar-refractivity contribution >= 4 is 11.8 Å². The molecule has 1 unspecified atom stereocenters. The van der Waals surface area contributed by atoms with Crippen LogP contribution < -0.4 is 5.32 Å². The van der Waals surface area contributed by atoms with Crippen LogP contribution in [0.3, 0.4) is 0 Å². The Morgan fingerprint density at radius 1 is 1.23 bits per heavy atom. The molecule has 2 aromatic heterocycles. The molecule has 0 bridgehead atoms. The molecule has 1 atom stereocenters. The van der Waals surface area contributed by atoms with Gasteiger partial charge in [-0.05, 0) is 19.1 Å². The molecule has 3 rings (SSSR count). The number of nitrogens with zero attached hydrogens (tertiary/aromatic N) is 5. The van der Waals surface area contributed by atoms with E-state index in [2.05, 4.69) is 20.6 Å². The Labute approximate surface area is 174 Å². The Morgan fingerprint density at radius 2 is 1.94 bits per heavy atom. The zero-order valence-electron chi connectivity index (χ0n) is 17.1. The number of aromatic nitrogens is 4. The van der Waals surface area contributed by atoms with Crippen molar-refractivity contribution < 1.29 is 27.3 Å². The molecule has 2 amide bonds. The van der Waals surface area contributed by atoms with Crippen LogP contribution in [0.5, 0.6) is 0 Å². The summed E-state index contributed by atoms with van der Waals surface area (Å²) in [6, 6.07) is 6.50. The molecule has 0 spiro atoms. The molecule has 1 N–H and O–H groups in total. The third-order valence-corrected chi connectivity index (χ3v) is 4.34. The minimum absolute atomic E-state index is 0.0471. The van der Waals surface area contributed by atoms with Crippen LogP contribution in [0, 0.1) is 0 Å². The van der Waals surface area contributed by atoms with Gasteiger partial charge in [-0.25, -0.2) is 0 Å². The van der Waals surface area contributed by atoms with Gasteiger partial charge in [-0.15, -0.1) is 0 Å². The topological polar surface area (TPSA) is 106 Å². The van der Waals surface area contributed by atoms with Gasteiger partial charge in [-0.1, -0.05) is 17.3 Å². The van der Waals surface area contributed by atoms with Gasteiger partial charge >= 0.3 is 6.18 Å². The number of rotatable bonds is 5. The fraction of sp³-hybridized carbons (Fsp3) is 0.316. The number of halogens is 3. The SMILES string of the molecule is CC(NC(=O)c1cc(C(F)(F)F)nn1C)c1nc(-c2cccc(C(=O)N(C)C)c2)no1. The second kappa shape index (κ2) is 8.20. The van der Waals surface area contributed by atoms with E-state index >= 15 is 0 Å². The predicted octanol–water partition coefficient (Wildman–Crippen LogP) is 2.68. The Hall–Kier alpha value is -3.70. The maximum absolute atomic E-state index is 12.8. The Bertz CT molecular complexity index is 1120. The van der Waals surface area contributed by atoms with Crippen molar-refractivity contribution in [1.82, 2.24) is 30.1 Å². The van der Waals surface area contributed by atoms with E-state index in [0.717, 1.165) is 4.68 Å². The fourth-order valence-corrected chi connectivity index (χ4v) is 2.73. The molecule has 2 heterocycles. The molecule has 0 aliphatic carbocycles. The van der Waals surface area contributed by atoms with Crippen LogP contribution in [0.25, 0.3) is 11.4 Å². The van der Waals surface area contributed by atoms with E-state index in [0.29, 0.717) is 17.2 Å². The number of alkyl halides is 3. The molecule has 164 valence electrons. The quantitative estimate of drug-likeness (QED) is 0.659. The molecule has 0 fully saturated rings. The molecule has 0 aliphatic heterocycles. The largest absolute Gasteiger partial charge is 0.435 e. The molecule has 0 saturated carbocycles. The van der Waals surface area contributed by atoms with Crippen LogP contribution in [0.4, 0.5) is 13.2 Å². The molecule has 1 aromatic carbocycles. The van der Waals surface area contributed by atoms with Gasteiger partial charge in [0.1, 0.15) is 11.7 Å². The average molecular weight is 436 g/mol. The summed E-state index contributed by atoms with van der Waals surface area (Å²) >= 11 is 0. The van der Waals surface area contributed by atoms with Crippen molar-refractivity contribution in [1.29, 1.82) is 0 Å². The van der Waals surface area contributed by atoms with Gasteiger partial charge in [0.2, 0.25) is 11.7 Å². The Balaban J connectivity index is 1.76. The number of benzene rings is 1. The van der Waals surface area contributed by atoms with Crippen LogP contribution in [0.15, 0.2) is 34.9 Å². The summed E-state index contributed by atoms with van der Waals surface area (Å²) < 4.78 is 44.4. The lowest BCUT2D eigenvalue weighted by molar-refractivity contribution is -0.141. The van der Waals surface area contributed by atoms with Gasteiger partial charge < -0.3 is 14.7 Å². The summed E-state index contributed by atoms with van der Waals surface area (Å²) in [6.45, 7) is 1.54. The van der Waals surface area contributed by atoms with Crippen molar-refractivity contribution in [3.8, 4) is 11.4 Å². The Morgan fingerprint density at radius 3 is 2.55 bits per heavy atom. The minimum atomic E-state index is -4.66. The van der Waals surface area contributed by atoms with Crippen molar-refractivity contribution in [3.63, 3.8) is 0 Å². The van der Waals surface area contributed by atoms with E-state index in [1.54, 1.807) is 45.3 Å². The first kappa shape index (κ1) is 22.0. The third kappa shape index (κ3) is 4.73. The van der Waals surface area contributed by atoms with E-state index in [-0.39, 0.29) is 23.3 Å². The summed E-state index contributed by atoms with van der Waals surface area (Å²) in [5, 5.41) is 9.67. The van der Waals surface area contributed by atoms with Crippen molar-refractivity contribution in [2.45, 2.75) is 19.1 Å². The first-order chi connectivity index (χ1) is 14.5. The summed E-state index contributed by atoms with van der Waals surface area (Å²) in [7, 11) is 4.50. The highest BCUT2D eigenvalue weighted by atomic mass is 19.4. The van der Waals surface area contributed by atoms with Crippen LogP contribution in [0.2, 0.25) is 0 Å². The maximum atomic E-state index is 12.8. The smallest absolute Gasteiger partial charge is 0.345 e. The minimum Gasteiger partial charge on any atom is -0.345 e. The zero-order valence-corrected chi connectivity index (χ0v) is 17.1. The van der Waals surface area contributed by atoms with Gasteiger partial charge in [-0.3, -0.25) is 14.3 Å². The second-order valence-corrected chi connectivity index (χ2v) is 6.97. The van der Waals surface area contributed by atoms with Gasteiger partial charge in [0, 0.05) is 38.3 Å². The average Bonchev–Trinajstić information content (AvgIpc) is 3.34. The second-order valence-electron chi connectivity index (χ2n) is 6.97. The van der Waals surface area contributed by atoms with Crippen molar-refractivity contribution in [2.75, 3.05) is 14.1 Å². The third-order valence-electron chi connectivity index (χ3n) is 4.34. The van der Waals surface area contributed by atoms with Crippen LogP contribution in [-0.2, 0) is 13.2 Å². The number of nitrogens with one attached hydrogen (secondary N) is 1. The number of carbonyl (C=O) groups excluding carboxylic acids is 2. The van der Waals surface area contributed by atoms with E-state index < -0.39 is 23.8 Å². The summed E-state index contributed by atoms with van der Waals surface area (Å²) in [5.74, 6) is -0.729. The van der Waals surface area contributed by atoms with Gasteiger partial charge in [0.25, 0.3) is 11.8 Å². The van der Waals surface area contributed by atoms with Crippen LogP contribution in [-0.4, -0.2) is 50.7 Å². The molecule has 31 heavy (non-hydrogen) atoms. The number of carbonyl (C=O) groups is 2. The normalized spacial score (nSPS) is 12.5. The lowest BCUT2D eigenvalue weighted by Crippen LogP contribution is -2.28. The van der Waals surface area contributed by atoms with E-state index in [9.17, 15) is 22.8 Å². The van der Waals surface area contributed by atoms with E-state index in [4.69, 9.17) is 4.52 Å². The van der Waals surface area contributed by atoms with Gasteiger partial charge in [0.15, 0.2) is 5.69 Å². The van der Waals surface area contributed by atoms with Crippen LogP contribution >= 0.6 is 0 Å². The number of amides is 2. The molecule has 0 aliphatic rings. The van der Waals surface area contributed by atoms with E-state index in [1.165, 1.54) is 11.9 Å². The zero-order chi connectivity index (χ0) is 22.9. The number of aryl methyl sites for hydroxylation is 1.